The van der Waals surface area contributed by atoms with Crippen LogP contribution in [0, 0.1) is 64.2 Å². The number of carbonyl (C=O) groups is 2. The molecular weight excluding hydrogens is 917 g/mol. The van der Waals surface area contributed by atoms with E-state index in [1.807, 2.05) is 130 Å². The Hall–Kier alpha value is -5.92. The van der Waals surface area contributed by atoms with Crippen LogP contribution in [0.5, 0.6) is 11.5 Å². The van der Waals surface area contributed by atoms with Gasteiger partial charge in [-0.15, -0.1) is 13.2 Å². The van der Waals surface area contributed by atoms with Gasteiger partial charge in [0.25, 0.3) is 0 Å². The number of allylic oxidation sites excluding steroid dienone is 8. The highest BCUT2D eigenvalue weighted by Gasteiger charge is 2.52. The molecule has 0 radical (unpaired) electrons. The zero-order valence-corrected chi connectivity index (χ0v) is 43.6. The van der Waals surface area contributed by atoms with Gasteiger partial charge in [-0.1, -0.05) is 96.1 Å². The van der Waals surface area contributed by atoms with E-state index in [1.54, 1.807) is 57.1 Å². The molecule has 368 valence electrons. The highest BCUT2D eigenvalue weighted by molar-refractivity contribution is 7.89. The largest absolute Gasteiger partial charge is 0.507 e. The maximum atomic E-state index is 13.7. The van der Waals surface area contributed by atoms with Crippen molar-refractivity contribution < 1.29 is 36.6 Å². The number of rotatable bonds is 8. The van der Waals surface area contributed by atoms with E-state index in [4.69, 9.17) is 0 Å². The molecule has 4 aromatic carbocycles. The highest BCUT2D eigenvalue weighted by Crippen LogP contribution is 2.55. The fraction of sp³-hybridized carbons (Fsp3) is 0.345. The van der Waals surface area contributed by atoms with Crippen LogP contribution in [0.25, 0.3) is 0 Å². The van der Waals surface area contributed by atoms with E-state index in [1.165, 1.54) is 0 Å². The molecule has 0 saturated carbocycles. The van der Waals surface area contributed by atoms with Crippen LogP contribution in [0.1, 0.15) is 84.0 Å². The molecule has 70 heavy (non-hydrogen) atoms. The third kappa shape index (κ3) is 9.27. The van der Waals surface area contributed by atoms with Crippen LogP contribution in [0.2, 0.25) is 0 Å². The summed E-state index contributed by atoms with van der Waals surface area (Å²) in [4.78, 5) is 25.9. The molecule has 8 rings (SSSR count). The standard InChI is InChI=1S/2C29H33NO4S/c2*1-7-24-16-30(35(33,34)25-10-8-18(2)9-11-25)17-26(23-12-19(3)27(31)20(4)13-23)29(24)14-21(5)28(32)22(6)15-29/h2*7-15,24,26,31H,1,16-17H2,2-6H3/t2*24-,26-/m00/s1. The molecule has 2 fully saturated rings. The van der Waals surface area contributed by atoms with Crippen molar-refractivity contribution in [2.24, 2.45) is 22.7 Å². The summed E-state index contributed by atoms with van der Waals surface area (Å²) in [5, 5.41) is 20.8. The third-order valence-corrected chi connectivity index (χ3v) is 18.8. The first-order valence-electron chi connectivity index (χ1n) is 23.7. The van der Waals surface area contributed by atoms with Crippen LogP contribution in [-0.2, 0) is 29.6 Å². The van der Waals surface area contributed by atoms with Crippen molar-refractivity contribution in [3.05, 3.63) is 189 Å². The molecule has 0 unspecified atom stereocenters. The number of hydrogen-bond donors (Lipinski definition) is 2. The molecule has 2 N–H and O–H groups in total. The molecule has 2 saturated heterocycles. The molecule has 4 atom stereocenters. The minimum atomic E-state index is -3.76. The first-order chi connectivity index (χ1) is 32.8. The van der Waals surface area contributed by atoms with Crippen LogP contribution >= 0.6 is 0 Å². The Labute approximate surface area is 415 Å². The van der Waals surface area contributed by atoms with Crippen molar-refractivity contribution in [1.82, 2.24) is 8.61 Å². The van der Waals surface area contributed by atoms with E-state index in [0.717, 1.165) is 44.5 Å². The summed E-state index contributed by atoms with van der Waals surface area (Å²) in [6.45, 7) is 27.7. The Balaban J connectivity index is 0.000000206. The molecule has 2 aliphatic carbocycles. The molecule has 2 aliphatic heterocycles. The Bertz CT molecular complexity index is 2850. The Morgan fingerprint density at radius 1 is 0.486 bits per heavy atom. The van der Waals surface area contributed by atoms with Crippen molar-refractivity contribution in [2.45, 2.75) is 90.9 Å². The van der Waals surface area contributed by atoms with Gasteiger partial charge in [0, 0.05) is 60.7 Å². The van der Waals surface area contributed by atoms with Gasteiger partial charge in [0.05, 0.1) is 9.79 Å². The maximum absolute atomic E-state index is 13.7. The first-order valence-corrected chi connectivity index (χ1v) is 26.6. The first kappa shape index (κ1) is 51.9. The van der Waals surface area contributed by atoms with Crippen LogP contribution in [0.4, 0.5) is 0 Å². The van der Waals surface area contributed by atoms with Crippen LogP contribution in [0.15, 0.2) is 154 Å². The summed E-state index contributed by atoms with van der Waals surface area (Å²) >= 11 is 0. The number of ketones is 2. The predicted octanol–water partition coefficient (Wildman–Crippen LogP) is 10.7. The van der Waals surface area contributed by atoms with E-state index >= 15 is 0 Å². The molecule has 12 heteroatoms. The number of hydrogen-bond acceptors (Lipinski definition) is 8. The van der Waals surface area contributed by atoms with Gasteiger partial charge in [0.1, 0.15) is 11.5 Å². The molecule has 2 spiro atoms. The van der Waals surface area contributed by atoms with Crippen molar-refractivity contribution in [3.8, 4) is 11.5 Å². The second kappa shape index (κ2) is 19.4. The lowest BCUT2D eigenvalue weighted by Gasteiger charge is -2.50. The number of benzene rings is 4. The molecule has 10 nitrogen and oxygen atoms in total. The van der Waals surface area contributed by atoms with Crippen LogP contribution in [0.3, 0.4) is 0 Å². The maximum Gasteiger partial charge on any atom is 0.243 e. The zero-order chi connectivity index (χ0) is 51.4. The lowest BCUT2D eigenvalue weighted by molar-refractivity contribution is -0.113. The van der Waals surface area contributed by atoms with E-state index in [-0.39, 0.29) is 82.7 Å². The summed E-state index contributed by atoms with van der Waals surface area (Å²) in [6, 6.07) is 21.5. The van der Waals surface area contributed by atoms with E-state index in [0.29, 0.717) is 22.3 Å². The number of phenolic OH excluding ortho intramolecular Hbond substituents is 2. The average molecular weight is 983 g/mol. The number of nitrogens with zero attached hydrogens (tertiary/aromatic N) is 2. The lowest BCUT2D eigenvalue weighted by Crippen LogP contribution is -2.53. The number of phenols is 2. The topological polar surface area (TPSA) is 149 Å². The number of aryl methyl sites for hydroxylation is 6. The second-order valence-corrected chi connectivity index (χ2v) is 23.9. The molecule has 0 aromatic heterocycles. The summed E-state index contributed by atoms with van der Waals surface area (Å²) < 4.78 is 58.1. The smallest absolute Gasteiger partial charge is 0.243 e. The molecule has 0 bridgehead atoms. The second-order valence-electron chi connectivity index (χ2n) is 20.0. The van der Waals surface area contributed by atoms with Crippen molar-refractivity contribution in [2.75, 3.05) is 26.2 Å². The predicted molar refractivity (Wildman–Crippen MR) is 278 cm³/mol. The average Bonchev–Trinajstić information content (AvgIpc) is 3.31. The minimum Gasteiger partial charge on any atom is -0.507 e. The van der Waals surface area contributed by atoms with Crippen LogP contribution < -0.4 is 0 Å². The summed E-state index contributed by atoms with van der Waals surface area (Å²) in [5.41, 5.74) is 8.17. The van der Waals surface area contributed by atoms with Crippen LogP contribution in [-0.4, -0.2) is 73.4 Å². The molecular formula is C58H66N2O8S2. The normalized spacial score (nSPS) is 22.6. The van der Waals surface area contributed by atoms with Gasteiger partial charge in [0.2, 0.25) is 20.0 Å². The van der Waals surface area contributed by atoms with E-state index in [9.17, 15) is 36.6 Å². The number of piperidine rings is 2. The summed E-state index contributed by atoms with van der Waals surface area (Å²) in [7, 11) is -7.51. The fourth-order valence-corrected chi connectivity index (χ4v) is 14.2. The third-order valence-electron chi connectivity index (χ3n) is 15.1. The Morgan fingerprint density at radius 3 is 1.01 bits per heavy atom. The van der Waals surface area contributed by atoms with E-state index < -0.39 is 30.9 Å². The van der Waals surface area contributed by atoms with E-state index in [2.05, 4.69) is 13.2 Å². The molecule has 4 aliphatic rings. The zero-order valence-electron chi connectivity index (χ0n) is 42.0. The number of sulfonamides is 2. The van der Waals surface area contributed by atoms with Crippen molar-refractivity contribution >= 4 is 31.6 Å². The quantitative estimate of drug-likeness (QED) is 0.166. The minimum absolute atomic E-state index is 0.00459. The van der Waals surface area contributed by atoms with Gasteiger partial charge >= 0.3 is 0 Å². The molecule has 4 aromatic rings. The molecule has 0 amide bonds. The number of Topliss-reactive ketones (excluding diaryl/α,β-unsaturated/α-hetero) is 2. The Morgan fingerprint density at radius 2 is 0.757 bits per heavy atom. The van der Waals surface area contributed by atoms with Gasteiger partial charge < -0.3 is 10.2 Å². The highest BCUT2D eigenvalue weighted by atomic mass is 32.2. The van der Waals surface area contributed by atoms with Gasteiger partial charge in [0.15, 0.2) is 11.6 Å². The molecule has 2 heterocycles. The van der Waals surface area contributed by atoms with Gasteiger partial charge in [-0.25, -0.2) is 16.8 Å². The summed E-state index contributed by atoms with van der Waals surface area (Å²) in [5.74, 6) is -0.593. The lowest BCUT2D eigenvalue weighted by atomic mass is 9.59. The van der Waals surface area contributed by atoms with Gasteiger partial charge in [-0.3, -0.25) is 9.59 Å². The van der Waals surface area contributed by atoms with Crippen molar-refractivity contribution in [1.29, 1.82) is 0 Å². The SMILES string of the molecule is C=C[C@H]1CN(S(=O)(=O)c2ccc(C)cc2)C[C@@H](c2cc(C)c(O)c(C)c2)C12C=C(C)C(=O)C(C)=C2.C=C[C@H]1CN(S(=O)(=O)c2ccc(C)cc2)C[C@@H](c2cc(C)c(O)c(C)c2)C12C=C(C)C(=O)C(C)=C2. The number of carbonyl (C=O) groups excluding carboxylic acids is 2. The van der Waals surface area contributed by atoms with Gasteiger partial charge in [-0.2, -0.15) is 8.61 Å². The summed E-state index contributed by atoms with van der Waals surface area (Å²) in [6.07, 6.45) is 11.7. The van der Waals surface area contributed by atoms with Gasteiger partial charge in [-0.05, 0) is 149 Å². The Kier molecular flexibility index (Phi) is 14.4. The fourth-order valence-electron chi connectivity index (χ4n) is 11.3. The monoisotopic (exact) mass is 982 g/mol. The number of aromatic hydroxyl groups is 2. The van der Waals surface area contributed by atoms with Crippen molar-refractivity contribution in [3.63, 3.8) is 0 Å².